The molecular formula is C21H18N6O4S. The number of nitrogens with one attached hydrogen (secondary N) is 1. The fraction of sp³-hybridized carbons (Fsp3) is 0.143. The van der Waals surface area contributed by atoms with Gasteiger partial charge in [-0.1, -0.05) is 47.6 Å². The van der Waals surface area contributed by atoms with E-state index in [4.69, 9.17) is 9.26 Å². The van der Waals surface area contributed by atoms with Crippen molar-refractivity contribution < 1.29 is 17.7 Å². The average molecular weight is 450 g/mol. The summed E-state index contributed by atoms with van der Waals surface area (Å²) in [6.07, 6.45) is 0. The normalized spacial score (nSPS) is 11.9. The van der Waals surface area contributed by atoms with Crippen LogP contribution < -0.4 is 9.46 Å². The Kier molecular flexibility index (Phi) is 5.25. The van der Waals surface area contributed by atoms with Crippen LogP contribution in [0.2, 0.25) is 0 Å². The predicted molar refractivity (Wildman–Crippen MR) is 116 cm³/mol. The van der Waals surface area contributed by atoms with Gasteiger partial charge in [0.05, 0.1) is 0 Å². The van der Waals surface area contributed by atoms with Crippen molar-refractivity contribution in [2.24, 2.45) is 0 Å². The molecule has 3 aromatic heterocycles. The van der Waals surface area contributed by atoms with Gasteiger partial charge >= 0.3 is 0 Å². The van der Waals surface area contributed by atoms with Gasteiger partial charge in [0.15, 0.2) is 17.1 Å². The molecule has 5 aromatic rings. The SMILES string of the molecule is O=S(=O)(Cc1noc2ccccc12)NCCOc1ccc2nnc(-c3ccccc3)n2n1. The molecule has 10 nitrogen and oxygen atoms in total. The summed E-state index contributed by atoms with van der Waals surface area (Å²) in [5.74, 6) is 0.637. The lowest BCUT2D eigenvalue weighted by Gasteiger charge is -2.08. The molecule has 0 fully saturated rings. The van der Waals surface area contributed by atoms with Crippen LogP contribution in [-0.2, 0) is 15.8 Å². The van der Waals surface area contributed by atoms with Crippen LogP contribution >= 0.6 is 0 Å². The summed E-state index contributed by atoms with van der Waals surface area (Å²) in [6.45, 7) is 0.172. The molecule has 5 rings (SSSR count). The minimum absolute atomic E-state index is 0.0750. The molecule has 0 aliphatic rings. The summed E-state index contributed by atoms with van der Waals surface area (Å²) in [5, 5.41) is 17.2. The van der Waals surface area contributed by atoms with Gasteiger partial charge in [0.25, 0.3) is 0 Å². The molecule has 0 radical (unpaired) electrons. The molecule has 3 heterocycles. The van der Waals surface area contributed by atoms with E-state index in [1.54, 1.807) is 40.9 Å². The van der Waals surface area contributed by atoms with Crippen LogP contribution in [0.5, 0.6) is 5.88 Å². The second-order valence-corrected chi connectivity index (χ2v) is 8.77. The molecule has 11 heteroatoms. The molecule has 0 atom stereocenters. The van der Waals surface area contributed by atoms with Gasteiger partial charge in [0.1, 0.15) is 18.1 Å². The predicted octanol–water partition coefficient (Wildman–Crippen LogP) is 2.43. The van der Waals surface area contributed by atoms with E-state index >= 15 is 0 Å². The highest BCUT2D eigenvalue weighted by Crippen LogP contribution is 2.20. The largest absolute Gasteiger partial charge is 0.475 e. The van der Waals surface area contributed by atoms with E-state index in [1.165, 1.54) is 0 Å². The Bertz CT molecular complexity index is 1480. The van der Waals surface area contributed by atoms with Gasteiger partial charge in [-0.3, -0.25) is 0 Å². The fourth-order valence-corrected chi connectivity index (χ4v) is 4.31. The van der Waals surface area contributed by atoms with Crippen molar-refractivity contribution in [2.75, 3.05) is 13.2 Å². The molecule has 1 N–H and O–H groups in total. The maximum Gasteiger partial charge on any atom is 0.231 e. The number of para-hydroxylation sites is 1. The summed E-state index contributed by atoms with van der Waals surface area (Å²) in [7, 11) is -3.62. The van der Waals surface area contributed by atoms with E-state index in [2.05, 4.69) is 25.2 Å². The summed E-state index contributed by atoms with van der Waals surface area (Å²) in [6, 6.07) is 20.1. The molecule has 0 aliphatic heterocycles. The molecule has 0 aliphatic carbocycles. The highest BCUT2D eigenvalue weighted by molar-refractivity contribution is 7.88. The summed E-state index contributed by atoms with van der Waals surface area (Å²) >= 11 is 0. The van der Waals surface area contributed by atoms with Crippen LogP contribution in [0.25, 0.3) is 28.0 Å². The lowest BCUT2D eigenvalue weighted by Crippen LogP contribution is -2.29. The van der Waals surface area contributed by atoms with E-state index in [1.807, 2.05) is 30.3 Å². The molecular weight excluding hydrogens is 432 g/mol. The average Bonchev–Trinajstić information content (AvgIpc) is 3.41. The van der Waals surface area contributed by atoms with Crippen LogP contribution in [0.3, 0.4) is 0 Å². The molecule has 2 aromatic carbocycles. The molecule has 0 amide bonds. The van der Waals surface area contributed by atoms with E-state index in [0.29, 0.717) is 34.0 Å². The summed E-state index contributed by atoms with van der Waals surface area (Å²) < 4.78 is 39.7. The Morgan fingerprint density at radius 1 is 0.969 bits per heavy atom. The fourth-order valence-electron chi connectivity index (χ4n) is 3.24. The summed E-state index contributed by atoms with van der Waals surface area (Å²) in [4.78, 5) is 0. The van der Waals surface area contributed by atoms with Crippen molar-refractivity contribution in [3.8, 4) is 17.3 Å². The zero-order chi connectivity index (χ0) is 22.0. The number of sulfonamides is 1. The van der Waals surface area contributed by atoms with Crippen LogP contribution in [-0.4, -0.2) is 46.5 Å². The van der Waals surface area contributed by atoms with Crippen molar-refractivity contribution >= 4 is 26.6 Å². The molecule has 0 saturated heterocycles. The number of fused-ring (bicyclic) bond motifs is 2. The Morgan fingerprint density at radius 2 is 1.78 bits per heavy atom. The third-order valence-corrected chi connectivity index (χ3v) is 6.02. The maximum atomic E-state index is 12.4. The molecule has 32 heavy (non-hydrogen) atoms. The van der Waals surface area contributed by atoms with E-state index in [0.717, 1.165) is 5.56 Å². The summed E-state index contributed by atoms with van der Waals surface area (Å²) in [5.41, 5.74) is 2.36. The molecule has 0 bridgehead atoms. The molecule has 162 valence electrons. The van der Waals surface area contributed by atoms with Crippen LogP contribution in [0.1, 0.15) is 5.69 Å². The standard InChI is InChI=1S/C21H18N6O4S/c28-32(29,14-17-16-8-4-5-9-18(16)31-26-17)22-12-13-30-20-11-10-19-23-24-21(27(19)25-20)15-6-2-1-3-7-15/h1-11,22H,12-14H2. The first-order chi connectivity index (χ1) is 15.6. The topological polar surface area (TPSA) is 125 Å². The van der Waals surface area contributed by atoms with E-state index in [9.17, 15) is 8.42 Å². The maximum absolute atomic E-state index is 12.4. The Hall–Kier alpha value is -3.83. The van der Waals surface area contributed by atoms with Crippen molar-refractivity contribution in [2.45, 2.75) is 5.75 Å². The number of ether oxygens (including phenoxy) is 1. The number of rotatable bonds is 8. The molecule has 0 saturated carbocycles. The number of hydrogen-bond acceptors (Lipinski definition) is 8. The third kappa shape index (κ3) is 4.15. The quantitative estimate of drug-likeness (QED) is 0.358. The van der Waals surface area contributed by atoms with Crippen molar-refractivity contribution in [3.63, 3.8) is 0 Å². The minimum Gasteiger partial charge on any atom is -0.475 e. The van der Waals surface area contributed by atoms with Crippen LogP contribution in [0.4, 0.5) is 0 Å². The number of aromatic nitrogens is 5. The third-order valence-electron chi connectivity index (χ3n) is 4.72. The number of hydrogen-bond donors (Lipinski definition) is 1. The van der Waals surface area contributed by atoms with Gasteiger partial charge in [-0.25, -0.2) is 13.1 Å². The van der Waals surface area contributed by atoms with Gasteiger partial charge in [0.2, 0.25) is 15.9 Å². The minimum atomic E-state index is -3.62. The first-order valence-corrected chi connectivity index (χ1v) is 11.5. The van der Waals surface area contributed by atoms with Gasteiger partial charge in [0, 0.05) is 23.6 Å². The Morgan fingerprint density at radius 3 is 2.66 bits per heavy atom. The van der Waals surface area contributed by atoms with E-state index < -0.39 is 10.0 Å². The second kappa shape index (κ2) is 8.36. The smallest absolute Gasteiger partial charge is 0.231 e. The monoisotopic (exact) mass is 450 g/mol. The van der Waals surface area contributed by atoms with Crippen LogP contribution in [0, 0.1) is 0 Å². The Labute approximate surface area is 182 Å². The zero-order valence-corrected chi connectivity index (χ0v) is 17.6. The van der Waals surface area contributed by atoms with Crippen LogP contribution in [0.15, 0.2) is 71.3 Å². The number of nitrogens with zero attached hydrogens (tertiary/aromatic N) is 5. The molecule has 0 spiro atoms. The first-order valence-electron chi connectivity index (χ1n) is 9.80. The van der Waals surface area contributed by atoms with E-state index in [-0.39, 0.29) is 18.9 Å². The van der Waals surface area contributed by atoms with Gasteiger partial charge in [-0.2, -0.15) is 4.52 Å². The highest BCUT2D eigenvalue weighted by Gasteiger charge is 2.17. The number of benzene rings is 2. The zero-order valence-electron chi connectivity index (χ0n) is 16.7. The lowest BCUT2D eigenvalue weighted by atomic mass is 10.2. The first kappa shape index (κ1) is 20.1. The van der Waals surface area contributed by atoms with Gasteiger partial charge < -0.3 is 9.26 Å². The highest BCUT2D eigenvalue weighted by atomic mass is 32.2. The van der Waals surface area contributed by atoms with Crippen molar-refractivity contribution in [3.05, 3.63) is 72.4 Å². The Balaban J connectivity index is 1.21. The van der Waals surface area contributed by atoms with Gasteiger partial charge in [-0.05, 0) is 18.2 Å². The molecule has 0 unspecified atom stereocenters. The lowest BCUT2D eigenvalue weighted by molar-refractivity contribution is 0.306. The van der Waals surface area contributed by atoms with Crippen molar-refractivity contribution in [1.29, 1.82) is 0 Å². The second-order valence-electron chi connectivity index (χ2n) is 6.96. The van der Waals surface area contributed by atoms with Gasteiger partial charge in [-0.15, -0.1) is 15.3 Å². The van der Waals surface area contributed by atoms with Crippen molar-refractivity contribution in [1.82, 2.24) is 29.7 Å².